The number of nitrogen functional groups attached to an aromatic ring is 1. The molecule has 0 bridgehead atoms. The molecule has 0 aliphatic heterocycles. The largest absolute Gasteiger partial charge is 0.398 e. The van der Waals surface area contributed by atoms with Gasteiger partial charge in [0.25, 0.3) is 0 Å². The van der Waals surface area contributed by atoms with E-state index in [1.54, 1.807) is 31.6 Å². The molecule has 2 rings (SSSR count). The molecule has 0 saturated carbocycles. The van der Waals surface area contributed by atoms with Crippen LogP contribution in [0.5, 0.6) is 0 Å². The molecule has 1 aromatic heterocycles. The second-order valence-corrected chi connectivity index (χ2v) is 7.51. The van der Waals surface area contributed by atoms with Gasteiger partial charge < -0.3 is 5.73 Å². The van der Waals surface area contributed by atoms with E-state index in [9.17, 15) is 8.42 Å². The standard InChI is InChI=1S/C14H16BrN3O2S/c1-18(9-6-11-4-7-17-8-5-11)21(19,20)12-2-3-13(15)14(16)10-12/h2-5,7-8,10H,6,9,16H2,1H3. The Labute approximate surface area is 133 Å². The van der Waals surface area contributed by atoms with E-state index in [-0.39, 0.29) is 4.90 Å². The maximum Gasteiger partial charge on any atom is 0.242 e. The summed E-state index contributed by atoms with van der Waals surface area (Å²) < 4.78 is 26.9. The molecule has 2 aromatic rings. The van der Waals surface area contributed by atoms with Crippen molar-refractivity contribution in [3.05, 3.63) is 52.8 Å². The number of nitrogens with two attached hydrogens (primary N) is 1. The SMILES string of the molecule is CN(CCc1ccncc1)S(=O)(=O)c1ccc(Br)c(N)c1. The molecule has 1 aromatic carbocycles. The van der Waals surface area contributed by atoms with Gasteiger partial charge in [-0.1, -0.05) is 0 Å². The lowest BCUT2D eigenvalue weighted by molar-refractivity contribution is 0.472. The van der Waals surface area contributed by atoms with Gasteiger partial charge in [0.2, 0.25) is 10.0 Å². The highest BCUT2D eigenvalue weighted by Gasteiger charge is 2.21. The Morgan fingerprint density at radius 2 is 1.90 bits per heavy atom. The van der Waals surface area contributed by atoms with E-state index in [1.165, 1.54) is 10.4 Å². The van der Waals surface area contributed by atoms with Gasteiger partial charge in [-0.05, 0) is 58.2 Å². The molecule has 5 nitrogen and oxygen atoms in total. The quantitative estimate of drug-likeness (QED) is 0.820. The Morgan fingerprint density at radius 1 is 1.24 bits per heavy atom. The minimum absolute atomic E-state index is 0.195. The third kappa shape index (κ3) is 3.81. The Morgan fingerprint density at radius 3 is 2.52 bits per heavy atom. The summed E-state index contributed by atoms with van der Waals surface area (Å²) in [6, 6.07) is 8.39. The van der Waals surface area contributed by atoms with Gasteiger partial charge in [0.15, 0.2) is 0 Å². The van der Waals surface area contributed by atoms with Crippen LogP contribution in [0.15, 0.2) is 52.1 Å². The fraction of sp³-hybridized carbons (Fsp3) is 0.214. The first-order valence-corrected chi connectivity index (χ1v) is 8.55. The van der Waals surface area contributed by atoms with Gasteiger partial charge in [0.1, 0.15) is 0 Å². The lowest BCUT2D eigenvalue weighted by Gasteiger charge is -2.17. The number of rotatable bonds is 5. The van der Waals surface area contributed by atoms with E-state index in [0.29, 0.717) is 23.1 Å². The molecule has 0 fully saturated rings. The minimum Gasteiger partial charge on any atom is -0.398 e. The molecule has 0 saturated heterocycles. The topological polar surface area (TPSA) is 76.3 Å². The smallest absolute Gasteiger partial charge is 0.242 e. The Kier molecular flexibility index (Phi) is 4.97. The first kappa shape index (κ1) is 15.9. The van der Waals surface area contributed by atoms with Crippen LogP contribution in [-0.4, -0.2) is 31.3 Å². The number of benzene rings is 1. The van der Waals surface area contributed by atoms with Crippen molar-refractivity contribution in [3.63, 3.8) is 0 Å². The van der Waals surface area contributed by atoms with Crippen LogP contribution in [0, 0.1) is 0 Å². The summed E-state index contributed by atoms with van der Waals surface area (Å²) in [7, 11) is -1.97. The van der Waals surface area contributed by atoms with Crippen molar-refractivity contribution in [3.8, 4) is 0 Å². The molecule has 0 amide bonds. The van der Waals surface area contributed by atoms with E-state index in [2.05, 4.69) is 20.9 Å². The molecule has 7 heteroatoms. The van der Waals surface area contributed by atoms with Crippen LogP contribution in [0.4, 0.5) is 5.69 Å². The zero-order chi connectivity index (χ0) is 15.5. The molecular formula is C14H16BrN3O2S. The van der Waals surface area contributed by atoms with Gasteiger partial charge in [-0.2, -0.15) is 0 Å². The second kappa shape index (κ2) is 6.55. The van der Waals surface area contributed by atoms with Crippen molar-refractivity contribution in [2.45, 2.75) is 11.3 Å². The van der Waals surface area contributed by atoms with Crippen molar-refractivity contribution in [1.29, 1.82) is 0 Å². The number of nitrogens with zero attached hydrogens (tertiary/aromatic N) is 2. The van der Waals surface area contributed by atoms with Crippen LogP contribution < -0.4 is 5.73 Å². The van der Waals surface area contributed by atoms with Gasteiger partial charge in [-0.15, -0.1) is 0 Å². The monoisotopic (exact) mass is 369 g/mol. The molecule has 0 unspecified atom stereocenters. The molecule has 0 aliphatic rings. The molecule has 0 atom stereocenters. The summed E-state index contributed by atoms with van der Waals surface area (Å²) in [5, 5.41) is 0. The van der Waals surface area contributed by atoms with Crippen LogP contribution in [0.3, 0.4) is 0 Å². The van der Waals surface area contributed by atoms with Gasteiger partial charge >= 0.3 is 0 Å². The zero-order valence-corrected chi connectivity index (χ0v) is 13.9. The number of anilines is 1. The van der Waals surface area contributed by atoms with Crippen LogP contribution in [0.2, 0.25) is 0 Å². The summed E-state index contributed by atoms with van der Waals surface area (Å²) >= 11 is 3.26. The van der Waals surface area contributed by atoms with Gasteiger partial charge in [-0.3, -0.25) is 4.98 Å². The van der Waals surface area contributed by atoms with Crippen LogP contribution in [0.1, 0.15) is 5.56 Å². The fourth-order valence-corrected chi connectivity index (χ4v) is 3.27. The average molecular weight is 370 g/mol. The Hall–Kier alpha value is -1.44. The highest BCUT2D eigenvalue weighted by molar-refractivity contribution is 9.10. The van der Waals surface area contributed by atoms with Gasteiger partial charge in [-0.25, -0.2) is 12.7 Å². The Bertz CT molecular complexity index is 720. The second-order valence-electron chi connectivity index (χ2n) is 4.62. The molecule has 112 valence electrons. The maximum absolute atomic E-state index is 12.5. The first-order chi connectivity index (χ1) is 9.91. The predicted octanol–water partition coefficient (Wildman–Crippen LogP) is 2.29. The summed E-state index contributed by atoms with van der Waals surface area (Å²) in [4.78, 5) is 4.13. The number of pyridine rings is 1. The average Bonchev–Trinajstić information content (AvgIpc) is 2.48. The third-order valence-corrected chi connectivity index (χ3v) is 5.72. The van der Waals surface area contributed by atoms with Crippen molar-refractivity contribution in [2.24, 2.45) is 0 Å². The summed E-state index contributed by atoms with van der Waals surface area (Å²) in [5.74, 6) is 0. The van der Waals surface area contributed by atoms with E-state index in [0.717, 1.165) is 5.56 Å². The van der Waals surface area contributed by atoms with E-state index in [4.69, 9.17) is 5.73 Å². The van der Waals surface area contributed by atoms with Crippen LogP contribution in [0.25, 0.3) is 0 Å². The van der Waals surface area contributed by atoms with Crippen molar-refractivity contribution >= 4 is 31.6 Å². The van der Waals surface area contributed by atoms with E-state index >= 15 is 0 Å². The third-order valence-electron chi connectivity index (χ3n) is 3.14. The van der Waals surface area contributed by atoms with Crippen LogP contribution in [-0.2, 0) is 16.4 Å². The normalized spacial score (nSPS) is 11.8. The number of hydrogen-bond acceptors (Lipinski definition) is 4. The van der Waals surface area contributed by atoms with Crippen LogP contribution >= 0.6 is 15.9 Å². The molecule has 21 heavy (non-hydrogen) atoms. The van der Waals surface area contributed by atoms with E-state index in [1.807, 2.05) is 12.1 Å². The number of halogens is 1. The summed E-state index contributed by atoms with van der Waals surface area (Å²) in [6.07, 6.45) is 4.02. The lowest BCUT2D eigenvalue weighted by atomic mass is 10.2. The number of sulfonamides is 1. The fourth-order valence-electron chi connectivity index (χ4n) is 1.82. The summed E-state index contributed by atoms with van der Waals surface area (Å²) in [6.45, 7) is 0.391. The Balaban J connectivity index is 2.13. The number of likely N-dealkylation sites (N-methyl/N-ethyl adjacent to an activating group) is 1. The molecule has 0 radical (unpaired) electrons. The lowest BCUT2D eigenvalue weighted by Crippen LogP contribution is -2.29. The summed E-state index contributed by atoms with van der Waals surface area (Å²) in [5.41, 5.74) is 7.19. The number of aromatic nitrogens is 1. The highest BCUT2D eigenvalue weighted by atomic mass is 79.9. The van der Waals surface area contributed by atoms with Crippen molar-refractivity contribution in [2.75, 3.05) is 19.3 Å². The molecule has 1 heterocycles. The molecule has 0 spiro atoms. The van der Waals surface area contributed by atoms with Crippen molar-refractivity contribution < 1.29 is 8.42 Å². The van der Waals surface area contributed by atoms with Crippen molar-refractivity contribution in [1.82, 2.24) is 9.29 Å². The first-order valence-electron chi connectivity index (χ1n) is 6.31. The molecule has 2 N–H and O–H groups in total. The zero-order valence-electron chi connectivity index (χ0n) is 11.5. The minimum atomic E-state index is -3.53. The van der Waals surface area contributed by atoms with Gasteiger partial charge in [0, 0.05) is 36.1 Å². The maximum atomic E-state index is 12.5. The number of hydrogen-bond donors (Lipinski definition) is 1. The molecular weight excluding hydrogens is 354 g/mol. The van der Waals surface area contributed by atoms with Gasteiger partial charge in [0.05, 0.1) is 4.90 Å². The highest BCUT2D eigenvalue weighted by Crippen LogP contribution is 2.24. The van der Waals surface area contributed by atoms with E-state index < -0.39 is 10.0 Å². The molecule has 0 aliphatic carbocycles. The predicted molar refractivity (Wildman–Crippen MR) is 86.3 cm³/mol.